The molecule has 1 aliphatic heterocycles. The maximum atomic E-state index is 12.6. The zero-order valence-corrected chi connectivity index (χ0v) is 17.2. The molecule has 0 radical (unpaired) electrons. The highest BCUT2D eigenvalue weighted by Gasteiger charge is 2.27. The van der Waals surface area contributed by atoms with Crippen molar-refractivity contribution in [3.63, 3.8) is 0 Å². The second-order valence-corrected chi connectivity index (χ2v) is 7.83. The molecule has 7 heteroatoms. The van der Waals surface area contributed by atoms with Gasteiger partial charge in [-0.2, -0.15) is 0 Å². The highest BCUT2D eigenvalue weighted by Crippen LogP contribution is 2.26. The molecule has 0 spiro atoms. The molecule has 2 aromatic rings. The summed E-state index contributed by atoms with van der Waals surface area (Å²) in [6.07, 6.45) is 4.08. The van der Waals surface area contributed by atoms with Gasteiger partial charge in [-0.15, -0.1) is 0 Å². The summed E-state index contributed by atoms with van der Waals surface area (Å²) < 4.78 is 7.14. The third-order valence-corrected chi connectivity index (χ3v) is 5.79. The normalized spacial score (nSPS) is 16.9. The Bertz CT molecular complexity index is 865. The van der Waals surface area contributed by atoms with Gasteiger partial charge in [-0.3, -0.25) is 19.1 Å². The molecule has 1 atom stereocenters. The first-order chi connectivity index (χ1) is 13.4. The standard InChI is InChI=1S/C21H30N4O3/c1-14-7-9-25(10-8-14)18(19-6-5-11-28-19)13-22-20(26)12-17-15(2)21(27)24(4)16(3)23-17/h5-6,11,14,18H,7-10,12-13H2,1-4H3,(H,22,26). The SMILES string of the molecule is Cc1c(CC(=O)NCC(c2ccco2)N2CCC(C)CC2)nc(C)n(C)c1=O. The van der Waals surface area contributed by atoms with Gasteiger partial charge in [0.25, 0.3) is 5.56 Å². The van der Waals surface area contributed by atoms with Crippen molar-refractivity contribution in [1.29, 1.82) is 0 Å². The van der Waals surface area contributed by atoms with Gasteiger partial charge < -0.3 is 9.73 Å². The number of carbonyl (C=O) groups excluding carboxylic acids is 1. The van der Waals surface area contributed by atoms with Gasteiger partial charge in [-0.1, -0.05) is 6.92 Å². The molecule has 1 N–H and O–H groups in total. The van der Waals surface area contributed by atoms with Crippen molar-refractivity contribution in [3.8, 4) is 0 Å². The molecule has 1 amide bonds. The summed E-state index contributed by atoms with van der Waals surface area (Å²) in [6, 6.07) is 3.86. The zero-order valence-electron chi connectivity index (χ0n) is 17.2. The molecular weight excluding hydrogens is 356 g/mol. The Balaban J connectivity index is 1.67. The van der Waals surface area contributed by atoms with E-state index in [9.17, 15) is 9.59 Å². The first-order valence-corrected chi connectivity index (χ1v) is 9.94. The fourth-order valence-corrected chi connectivity index (χ4v) is 3.70. The van der Waals surface area contributed by atoms with Gasteiger partial charge in [-0.05, 0) is 57.8 Å². The second-order valence-electron chi connectivity index (χ2n) is 7.83. The summed E-state index contributed by atoms with van der Waals surface area (Å²) in [5.41, 5.74) is 0.960. The predicted molar refractivity (Wildman–Crippen MR) is 107 cm³/mol. The van der Waals surface area contributed by atoms with Crippen LogP contribution in [0.2, 0.25) is 0 Å². The molecule has 1 fully saturated rings. The highest BCUT2D eigenvalue weighted by molar-refractivity contribution is 5.78. The molecule has 3 rings (SSSR count). The fourth-order valence-electron chi connectivity index (χ4n) is 3.70. The van der Waals surface area contributed by atoms with Crippen LogP contribution in [0.5, 0.6) is 0 Å². The minimum absolute atomic E-state index is 0.0193. The van der Waals surface area contributed by atoms with Crippen molar-refractivity contribution >= 4 is 5.91 Å². The van der Waals surface area contributed by atoms with Crippen LogP contribution in [0.1, 0.15) is 48.6 Å². The number of nitrogens with one attached hydrogen (secondary N) is 1. The van der Waals surface area contributed by atoms with Gasteiger partial charge in [0.2, 0.25) is 5.91 Å². The summed E-state index contributed by atoms with van der Waals surface area (Å²) in [5, 5.41) is 3.02. The van der Waals surface area contributed by atoms with Crippen molar-refractivity contribution in [2.24, 2.45) is 13.0 Å². The number of aryl methyl sites for hydroxylation is 1. The minimum Gasteiger partial charge on any atom is -0.468 e. The van der Waals surface area contributed by atoms with E-state index in [4.69, 9.17) is 4.42 Å². The fraction of sp³-hybridized carbons (Fsp3) is 0.571. The summed E-state index contributed by atoms with van der Waals surface area (Å²) in [6.45, 7) is 8.24. The number of furan rings is 1. The molecule has 2 aromatic heterocycles. The van der Waals surface area contributed by atoms with Gasteiger partial charge in [-0.25, -0.2) is 4.98 Å². The number of piperidine rings is 1. The van der Waals surface area contributed by atoms with E-state index in [0.29, 0.717) is 23.6 Å². The van der Waals surface area contributed by atoms with Gasteiger partial charge in [0.15, 0.2) is 0 Å². The number of carbonyl (C=O) groups is 1. The Morgan fingerprint density at radius 2 is 2.07 bits per heavy atom. The lowest BCUT2D eigenvalue weighted by atomic mass is 9.97. The summed E-state index contributed by atoms with van der Waals surface area (Å²) in [7, 11) is 1.69. The summed E-state index contributed by atoms with van der Waals surface area (Å²) in [4.78, 5) is 31.6. The second kappa shape index (κ2) is 8.73. The third-order valence-electron chi connectivity index (χ3n) is 5.79. The van der Waals surface area contributed by atoms with Crippen LogP contribution in [0.25, 0.3) is 0 Å². The lowest BCUT2D eigenvalue weighted by Gasteiger charge is -2.35. The topological polar surface area (TPSA) is 80.4 Å². The maximum absolute atomic E-state index is 12.6. The molecule has 0 bridgehead atoms. The van der Waals surface area contributed by atoms with Gasteiger partial charge in [0.05, 0.1) is 24.4 Å². The Hall–Kier alpha value is -2.41. The molecule has 28 heavy (non-hydrogen) atoms. The number of amides is 1. The van der Waals surface area contributed by atoms with Crippen LogP contribution in [0, 0.1) is 19.8 Å². The zero-order chi connectivity index (χ0) is 20.3. The lowest BCUT2D eigenvalue weighted by Crippen LogP contribution is -2.42. The van der Waals surface area contributed by atoms with Crippen LogP contribution in [0.15, 0.2) is 27.6 Å². The number of hydrogen-bond acceptors (Lipinski definition) is 5. The van der Waals surface area contributed by atoms with E-state index < -0.39 is 0 Å². The minimum atomic E-state index is -0.134. The molecule has 7 nitrogen and oxygen atoms in total. The van der Waals surface area contributed by atoms with Gasteiger partial charge >= 0.3 is 0 Å². The molecule has 152 valence electrons. The van der Waals surface area contributed by atoms with Crippen molar-refractivity contribution in [3.05, 3.63) is 51.6 Å². The third kappa shape index (κ3) is 4.52. The molecule has 0 aromatic carbocycles. The molecule has 1 unspecified atom stereocenters. The van der Waals surface area contributed by atoms with Crippen LogP contribution >= 0.6 is 0 Å². The number of hydrogen-bond donors (Lipinski definition) is 1. The average molecular weight is 386 g/mol. The van der Waals surface area contributed by atoms with Gasteiger partial charge in [0, 0.05) is 19.2 Å². The average Bonchev–Trinajstić information content (AvgIpc) is 3.20. The maximum Gasteiger partial charge on any atom is 0.256 e. The first-order valence-electron chi connectivity index (χ1n) is 9.94. The Morgan fingerprint density at radius 1 is 1.36 bits per heavy atom. The Morgan fingerprint density at radius 3 is 2.71 bits per heavy atom. The van der Waals surface area contributed by atoms with Crippen LogP contribution in [0.3, 0.4) is 0 Å². The molecule has 1 saturated heterocycles. The molecule has 0 aliphatic carbocycles. The lowest BCUT2D eigenvalue weighted by molar-refractivity contribution is -0.120. The van der Waals surface area contributed by atoms with Crippen molar-refractivity contribution in [2.75, 3.05) is 19.6 Å². The Kier molecular flexibility index (Phi) is 6.34. The molecule has 1 aliphatic rings. The number of aromatic nitrogens is 2. The van der Waals surface area contributed by atoms with E-state index in [1.54, 1.807) is 27.2 Å². The molecular formula is C21H30N4O3. The van der Waals surface area contributed by atoms with Crippen molar-refractivity contribution < 1.29 is 9.21 Å². The van der Waals surface area contributed by atoms with Crippen LogP contribution in [-0.4, -0.2) is 40.0 Å². The van der Waals surface area contributed by atoms with E-state index in [2.05, 4.69) is 22.1 Å². The summed E-state index contributed by atoms with van der Waals surface area (Å²) >= 11 is 0. The smallest absolute Gasteiger partial charge is 0.256 e. The van der Waals surface area contributed by atoms with E-state index >= 15 is 0 Å². The summed E-state index contributed by atoms with van der Waals surface area (Å²) in [5.74, 6) is 2.08. The van der Waals surface area contributed by atoms with Crippen LogP contribution in [-0.2, 0) is 18.3 Å². The number of likely N-dealkylation sites (tertiary alicyclic amines) is 1. The van der Waals surface area contributed by atoms with E-state index in [1.165, 1.54) is 4.57 Å². The van der Waals surface area contributed by atoms with E-state index in [0.717, 1.165) is 37.6 Å². The monoisotopic (exact) mass is 386 g/mol. The van der Waals surface area contributed by atoms with Crippen molar-refractivity contribution in [1.82, 2.24) is 19.8 Å². The van der Waals surface area contributed by atoms with Crippen LogP contribution < -0.4 is 10.9 Å². The quantitative estimate of drug-likeness (QED) is 0.823. The number of nitrogens with zero attached hydrogens (tertiary/aromatic N) is 3. The predicted octanol–water partition coefficient (Wildman–Crippen LogP) is 2.12. The number of rotatable bonds is 6. The first kappa shape index (κ1) is 20.3. The van der Waals surface area contributed by atoms with Gasteiger partial charge in [0.1, 0.15) is 11.6 Å². The molecule has 0 saturated carbocycles. The van der Waals surface area contributed by atoms with E-state index in [-0.39, 0.29) is 23.9 Å². The largest absolute Gasteiger partial charge is 0.468 e. The molecule has 3 heterocycles. The Labute approximate surface area is 165 Å². The van der Waals surface area contributed by atoms with Crippen LogP contribution in [0.4, 0.5) is 0 Å². The van der Waals surface area contributed by atoms with E-state index in [1.807, 2.05) is 12.1 Å². The highest BCUT2D eigenvalue weighted by atomic mass is 16.3. The van der Waals surface area contributed by atoms with Crippen molar-refractivity contribution in [2.45, 2.75) is 46.1 Å².